The van der Waals surface area contributed by atoms with Gasteiger partial charge in [0.25, 0.3) is 0 Å². The second kappa shape index (κ2) is 9.54. The van der Waals surface area contributed by atoms with Gasteiger partial charge in [0.2, 0.25) is 0 Å². The van der Waals surface area contributed by atoms with Gasteiger partial charge in [0.1, 0.15) is 28.6 Å². The van der Waals surface area contributed by atoms with Gasteiger partial charge < -0.3 is 15.0 Å². The third-order valence-electron chi connectivity index (χ3n) is 6.18. The fraction of sp³-hybridized carbons (Fsp3) is 0.385. The van der Waals surface area contributed by atoms with E-state index in [9.17, 15) is 10.1 Å². The summed E-state index contributed by atoms with van der Waals surface area (Å²) in [7, 11) is 1.85. The Morgan fingerprint density at radius 3 is 2.51 bits per heavy atom. The van der Waals surface area contributed by atoms with E-state index in [1.54, 1.807) is 34.0 Å². The standard InChI is InChI=1S/C26H29N9O2/c1-26(2,3)37-25(36)31-20-7-9-34(10-8-20)22-6-5-17(12-28-22)23-24-18(11-27)13-30-35(24)16-21(32-23)19-14-29-33(4)15-19/h5-6,12-16,20H,7-10H2,1-4H3,(H,31,36). The van der Waals surface area contributed by atoms with Gasteiger partial charge in [0.05, 0.1) is 30.0 Å². The first-order valence-corrected chi connectivity index (χ1v) is 12.2. The fourth-order valence-electron chi connectivity index (χ4n) is 4.43. The Kier molecular flexibility index (Phi) is 6.25. The number of ether oxygens (including phenoxy) is 1. The lowest BCUT2D eigenvalue weighted by Crippen LogP contribution is -2.46. The first-order valence-electron chi connectivity index (χ1n) is 12.2. The molecule has 1 amide bonds. The molecule has 4 aromatic heterocycles. The van der Waals surface area contributed by atoms with E-state index in [0.717, 1.165) is 42.9 Å². The number of nitrogens with one attached hydrogen (secondary N) is 1. The van der Waals surface area contributed by atoms with Gasteiger partial charge in [-0.15, -0.1) is 0 Å². The number of amides is 1. The number of piperidine rings is 1. The largest absolute Gasteiger partial charge is 0.444 e. The van der Waals surface area contributed by atoms with Crippen LogP contribution in [-0.4, -0.2) is 60.2 Å². The fourth-order valence-corrected chi connectivity index (χ4v) is 4.43. The van der Waals surface area contributed by atoms with E-state index in [2.05, 4.69) is 26.5 Å². The number of rotatable bonds is 4. The molecule has 0 atom stereocenters. The molecule has 1 N–H and O–H groups in total. The van der Waals surface area contributed by atoms with Crippen LogP contribution < -0.4 is 10.2 Å². The van der Waals surface area contributed by atoms with Crippen molar-refractivity contribution in [1.82, 2.24) is 34.7 Å². The molecule has 0 aliphatic carbocycles. The van der Waals surface area contributed by atoms with Crippen LogP contribution in [-0.2, 0) is 11.8 Å². The maximum Gasteiger partial charge on any atom is 0.407 e. The number of nitrogens with zero attached hydrogens (tertiary/aromatic N) is 8. The van der Waals surface area contributed by atoms with Gasteiger partial charge >= 0.3 is 6.09 Å². The van der Waals surface area contributed by atoms with Crippen molar-refractivity contribution in [3.05, 3.63) is 48.7 Å². The third kappa shape index (κ3) is 5.23. The van der Waals surface area contributed by atoms with E-state index < -0.39 is 5.60 Å². The van der Waals surface area contributed by atoms with Crippen molar-refractivity contribution >= 4 is 17.4 Å². The van der Waals surface area contributed by atoms with Gasteiger partial charge in [-0.25, -0.2) is 19.3 Å². The number of carbonyl (C=O) groups is 1. The summed E-state index contributed by atoms with van der Waals surface area (Å²) in [5.41, 5.74) is 3.55. The number of nitriles is 1. The Hall–Kier alpha value is -4.46. The molecular weight excluding hydrogens is 470 g/mol. The van der Waals surface area contributed by atoms with Crippen molar-refractivity contribution in [2.45, 2.75) is 45.3 Å². The van der Waals surface area contributed by atoms with Crippen LogP contribution in [0.1, 0.15) is 39.2 Å². The molecule has 0 unspecified atom stereocenters. The number of hydrogen-bond acceptors (Lipinski definition) is 8. The van der Waals surface area contributed by atoms with E-state index >= 15 is 0 Å². The molecule has 11 nitrogen and oxygen atoms in total. The van der Waals surface area contributed by atoms with Gasteiger partial charge in [0.15, 0.2) is 0 Å². The molecule has 0 spiro atoms. The number of aryl methyl sites for hydroxylation is 1. The molecule has 5 rings (SSSR count). The quantitative estimate of drug-likeness (QED) is 0.452. The SMILES string of the molecule is Cn1cc(-c2cn3ncc(C#N)c3c(-c3ccc(N4CCC(NC(=O)OC(C)(C)C)CC4)nc3)n2)cn1. The molecule has 5 heterocycles. The predicted molar refractivity (Wildman–Crippen MR) is 138 cm³/mol. The molecule has 1 fully saturated rings. The van der Waals surface area contributed by atoms with Crippen molar-refractivity contribution in [3.63, 3.8) is 0 Å². The van der Waals surface area contributed by atoms with Gasteiger partial charge in [-0.05, 0) is 45.7 Å². The molecule has 4 aromatic rings. The Morgan fingerprint density at radius 2 is 1.89 bits per heavy atom. The van der Waals surface area contributed by atoms with Crippen molar-refractivity contribution in [2.75, 3.05) is 18.0 Å². The lowest BCUT2D eigenvalue weighted by atomic mass is 10.0. The number of carbonyl (C=O) groups excluding carboxylic acids is 1. The van der Waals surface area contributed by atoms with Crippen LogP contribution in [0.3, 0.4) is 0 Å². The van der Waals surface area contributed by atoms with E-state index in [1.165, 1.54) is 0 Å². The van der Waals surface area contributed by atoms with Crippen molar-refractivity contribution in [3.8, 4) is 28.6 Å². The van der Waals surface area contributed by atoms with Crippen molar-refractivity contribution in [1.29, 1.82) is 5.26 Å². The molecule has 1 aliphatic rings. The Balaban J connectivity index is 1.35. The summed E-state index contributed by atoms with van der Waals surface area (Å²) in [4.78, 5) is 23.9. The molecule has 37 heavy (non-hydrogen) atoms. The highest BCUT2D eigenvalue weighted by atomic mass is 16.6. The number of alkyl carbamates (subject to hydrolysis) is 1. The van der Waals surface area contributed by atoms with Crippen LogP contribution in [0.25, 0.3) is 28.0 Å². The maximum absolute atomic E-state index is 12.1. The van der Waals surface area contributed by atoms with Crippen LogP contribution in [0.5, 0.6) is 0 Å². The molecule has 11 heteroatoms. The van der Waals surface area contributed by atoms with Crippen LogP contribution in [0.4, 0.5) is 10.6 Å². The molecule has 0 radical (unpaired) electrons. The average Bonchev–Trinajstić information content (AvgIpc) is 3.49. The summed E-state index contributed by atoms with van der Waals surface area (Å²) >= 11 is 0. The Morgan fingerprint density at radius 1 is 1.11 bits per heavy atom. The van der Waals surface area contributed by atoms with Crippen LogP contribution in [0.15, 0.2) is 43.1 Å². The zero-order chi connectivity index (χ0) is 26.2. The molecule has 0 bridgehead atoms. The summed E-state index contributed by atoms with van der Waals surface area (Å²) in [5, 5.41) is 21.2. The first kappa shape index (κ1) is 24.2. The normalized spacial score (nSPS) is 14.5. The van der Waals surface area contributed by atoms with Crippen molar-refractivity contribution in [2.24, 2.45) is 7.05 Å². The van der Waals surface area contributed by atoms with Gasteiger partial charge in [-0.2, -0.15) is 15.5 Å². The Labute approximate surface area is 214 Å². The van der Waals surface area contributed by atoms with Gasteiger partial charge in [0, 0.05) is 49.7 Å². The minimum absolute atomic E-state index is 0.0735. The van der Waals surface area contributed by atoms with Gasteiger partial charge in [-0.3, -0.25) is 4.68 Å². The molecule has 190 valence electrons. The van der Waals surface area contributed by atoms with E-state index in [1.807, 2.05) is 46.1 Å². The summed E-state index contributed by atoms with van der Waals surface area (Å²) in [5.74, 6) is 0.855. The zero-order valence-corrected chi connectivity index (χ0v) is 21.3. The van der Waals surface area contributed by atoms with E-state index in [0.29, 0.717) is 22.5 Å². The summed E-state index contributed by atoms with van der Waals surface area (Å²) in [6.07, 6.45) is 9.99. The van der Waals surface area contributed by atoms with E-state index in [4.69, 9.17) is 14.7 Å². The monoisotopic (exact) mass is 499 g/mol. The topological polar surface area (TPSA) is 126 Å². The number of pyridine rings is 1. The number of anilines is 1. The number of fused-ring (bicyclic) bond motifs is 1. The number of aromatic nitrogens is 6. The second-order valence-corrected chi connectivity index (χ2v) is 10.2. The highest BCUT2D eigenvalue weighted by molar-refractivity contribution is 5.83. The molecule has 0 aromatic carbocycles. The smallest absolute Gasteiger partial charge is 0.407 e. The predicted octanol–water partition coefficient (Wildman–Crippen LogP) is 3.56. The van der Waals surface area contributed by atoms with Crippen LogP contribution in [0.2, 0.25) is 0 Å². The summed E-state index contributed by atoms with van der Waals surface area (Å²) in [6, 6.07) is 6.22. The van der Waals surface area contributed by atoms with Crippen LogP contribution >= 0.6 is 0 Å². The maximum atomic E-state index is 12.1. The molecular formula is C26H29N9O2. The minimum Gasteiger partial charge on any atom is -0.444 e. The molecule has 1 saturated heterocycles. The summed E-state index contributed by atoms with van der Waals surface area (Å²) in [6.45, 7) is 7.11. The van der Waals surface area contributed by atoms with E-state index in [-0.39, 0.29) is 12.1 Å². The summed E-state index contributed by atoms with van der Waals surface area (Å²) < 4.78 is 8.77. The third-order valence-corrected chi connectivity index (χ3v) is 6.18. The minimum atomic E-state index is -0.515. The second-order valence-electron chi connectivity index (χ2n) is 10.2. The van der Waals surface area contributed by atoms with Crippen LogP contribution in [0, 0.1) is 11.3 Å². The highest BCUT2D eigenvalue weighted by Gasteiger charge is 2.24. The first-order chi connectivity index (χ1) is 17.7. The zero-order valence-electron chi connectivity index (χ0n) is 21.3. The number of hydrogen-bond donors (Lipinski definition) is 1. The lowest BCUT2D eigenvalue weighted by molar-refractivity contribution is 0.0497. The average molecular weight is 500 g/mol. The molecule has 0 saturated carbocycles. The van der Waals surface area contributed by atoms with Crippen molar-refractivity contribution < 1.29 is 9.53 Å². The highest BCUT2D eigenvalue weighted by Crippen LogP contribution is 2.29. The Bertz CT molecular complexity index is 1470. The van der Waals surface area contributed by atoms with Gasteiger partial charge in [-0.1, -0.05) is 0 Å². The molecule has 1 aliphatic heterocycles. The lowest BCUT2D eigenvalue weighted by Gasteiger charge is -2.33.